The molecule has 0 fully saturated rings. The average Bonchev–Trinajstić information content (AvgIpc) is 2.26. The van der Waals surface area contributed by atoms with Gasteiger partial charge in [-0.3, -0.25) is 9.59 Å². The van der Waals surface area contributed by atoms with Crippen molar-refractivity contribution in [2.45, 2.75) is 72.2 Å². The van der Waals surface area contributed by atoms with E-state index in [1.54, 1.807) is 7.11 Å². The van der Waals surface area contributed by atoms with E-state index in [4.69, 9.17) is 34.8 Å². The molecule has 0 radical (unpaired) electrons. The molecular formula is C15H32O7. The Balaban J connectivity index is -0.000000372. The molecule has 1 atom stereocenters. The molecule has 0 spiro atoms. The summed E-state index contributed by atoms with van der Waals surface area (Å²) in [6, 6.07) is 0. The van der Waals surface area contributed by atoms with E-state index < -0.39 is 18.2 Å². The van der Waals surface area contributed by atoms with E-state index in [-0.39, 0.29) is 5.60 Å². The van der Waals surface area contributed by atoms with E-state index in [1.165, 1.54) is 0 Å². The second-order valence-electron chi connectivity index (χ2n) is 5.72. The molecule has 0 aliphatic heterocycles. The fraction of sp³-hybridized carbons (Fsp3) is 0.867. The summed E-state index contributed by atoms with van der Waals surface area (Å²) in [6.45, 7) is 8.34. The van der Waals surface area contributed by atoms with Crippen molar-refractivity contribution < 1.29 is 34.8 Å². The fourth-order valence-corrected chi connectivity index (χ4v) is 1.46. The van der Waals surface area contributed by atoms with Crippen molar-refractivity contribution in [3.8, 4) is 0 Å². The van der Waals surface area contributed by atoms with Gasteiger partial charge in [0.1, 0.15) is 0 Å². The summed E-state index contributed by atoms with van der Waals surface area (Å²) in [5.74, 6) is -1.30. The third-order valence-electron chi connectivity index (χ3n) is 2.64. The second kappa shape index (κ2) is 14.7. The lowest BCUT2D eigenvalue weighted by atomic mass is 9.95. The Kier molecular flexibility index (Phi) is 17.3. The van der Waals surface area contributed by atoms with Gasteiger partial charge < -0.3 is 25.2 Å². The minimum absolute atomic E-state index is 0.0580. The molecule has 0 saturated carbocycles. The van der Waals surface area contributed by atoms with Gasteiger partial charge in [-0.15, -0.1) is 0 Å². The Morgan fingerprint density at radius 2 is 1.45 bits per heavy atom. The van der Waals surface area contributed by atoms with Gasteiger partial charge >= 0.3 is 0 Å². The smallest absolute Gasteiger partial charge is 0.300 e. The molecule has 0 aliphatic carbocycles. The molecule has 0 rings (SSSR count). The number of methoxy groups -OCH3 is 1. The summed E-state index contributed by atoms with van der Waals surface area (Å²) in [4.78, 5) is 18.0. The number of carbonyl (C=O) groups is 2. The first-order valence-corrected chi connectivity index (χ1v) is 7.14. The lowest BCUT2D eigenvalue weighted by Gasteiger charge is -2.23. The molecule has 0 aromatic heterocycles. The van der Waals surface area contributed by atoms with Crippen molar-refractivity contribution in [2.24, 2.45) is 5.92 Å². The van der Waals surface area contributed by atoms with Gasteiger partial charge in [-0.1, -0.05) is 19.8 Å². The quantitative estimate of drug-likeness (QED) is 0.528. The summed E-state index contributed by atoms with van der Waals surface area (Å²) >= 11 is 0. The molecule has 0 bridgehead atoms. The average molecular weight is 324 g/mol. The lowest BCUT2D eigenvalue weighted by Crippen LogP contribution is -2.22. The van der Waals surface area contributed by atoms with Crippen LogP contribution in [0.5, 0.6) is 0 Å². The molecule has 0 unspecified atom stereocenters. The minimum atomic E-state index is -1.17. The van der Waals surface area contributed by atoms with E-state index in [0.717, 1.165) is 33.1 Å². The van der Waals surface area contributed by atoms with Gasteiger partial charge in [-0.2, -0.15) is 0 Å². The standard InChI is InChI=1S/C11H24O3.2C2H4O2/c1-9(8-10(12)13)6-5-7-11(2,3)14-4;2*1-2(3)4/h9-10,12-13H,5-8H2,1-4H3;2*1H3,(H,3,4)/t9-;;/m0../s1. The molecule has 4 N–H and O–H groups in total. The Morgan fingerprint density at radius 1 is 1.09 bits per heavy atom. The van der Waals surface area contributed by atoms with Gasteiger partial charge in [-0.25, -0.2) is 0 Å². The molecule has 0 aliphatic rings. The van der Waals surface area contributed by atoms with Gasteiger partial charge in [0.25, 0.3) is 11.9 Å². The maximum Gasteiger partial charge on any atom is 0.300 e. The second-order valence-corrected chi connectivity index (χ2v) is 5.72. The van der Waals surface area contributed by atoms with Crippen LogP contribution in [0.25, 0.3) is 0 Å². The van der Waals surface area contributed by atoms with Crippen LogP contribution in [0.4, 0.5) is 0 Å². The summed E-state index contributed by atoms with van der Waals surface area (Å²) in [5, 5.41) is 32.4. The SMILES string of the molecule is CC(=O)O.CC(=O)O.COC(C)(C)CCC[C@H](C)CC(O)O. The van der Waals surface area contributed by atoms with Crippen molar-refractivity contribution in [2.75, 3.05) is 7.11 Å². The van der Waals surface area contributed by atoms with Crippen LogP contribution < -0.4 is 0 Å². The molecule has 134 valence electrons. The summed E-state index contributed by atoms with van der Waals surface area (Å²) in [7, 11) is 1.72. The summed E-state index contributed by atoms with van der Waals surface area (Å²) in [6.07, 6.45) is 2.39. The number of hydrogen-bond acceptors (Lipinski definition) is 5. The first-order valence-electron chi connectivity index (χ1n) is 7.14. The number of ether oxygens (including phenoxy) is 1. The van der Waals surface area contributed by atoms with Crippen LogP contribution in [-0.4, -0.2) is 51.4 Å². The maximum atomic E-state index is 9.00. The van der Waals surface area contributed by atoms with Crippen LogP contribution in [-0.2, 0) is 14.3 Å². The molecule has 0 heterocycles. The predicted molar refractivity (Wildman–Crippen MR) is 83.6 cm³/mol. The van der Waals surface area contributed by atoms with Crippen LogP contribution in [0.3, 0.4) is 0 Å². The van der Waals surface area contributed by atoms with Crippen LogP contribution in [0.1, 0.15) is 60.3 Å². The number of aliphatic hydroxyl groups excluding tert-OH is 1. The van der Waals surface area contributed by atoms with E-state index in [9.17, 15) is 0 Å². The van der Waals surface area contributed by atoms with Crippen LogP contribution in [0.2, 0.25) is 0 Å². The Bertz CT molecular complexity index is 268. The first-order chi connectivity index (χ1) is 9.84. The van der Waals surface area contributed by atoms with Crippen molar-refractivity contribution in [3.05, 3.63) is 0 Å². The zero-order valence-electron chi connectivity index (χ0n) is 14.5. The molecule has 0 amide bonds. The maximum absolute atomic E-state index is 9.00. The molecule has 22 heavy (non-hydrogen) atoms. The molecular weight excluding hydrogens is 292 g/mol. The number of carboxylic acids is 2. The highest BCUT2D eigenvalue weighted by Crippen LogP contribution is 2.20. The highest BCUT2D eigenvalue weighted by Gasteiger charge is 2.16. The predicted octanol–water partition coefficient (Wildman–Crippen LogP) is 2.10. The van der Waals surface area contributed by atoms with Crippen LogP contribution >= 0.6 is 0 Å². The molecule has 7 nitrogen and oxygen atoms in total. The fourth-order valence-electron chi connectivity index (χ4n) is 1.46. The Morgan fingerprint density at radius 3 is 1.73 bits per heavy atom. The third-order valence-corrected chi connectivity index (χ3v) is 2.64. The number of aliphatic carboxylic acids is 2. The van der Waals surface area contributed by atoms with E-state index in [0.29, 0.717) is 12.3 Å². The Hall–Kier alpha value is -1.18. The molecule has 0 aromatic rings. The highest BCUT2D eigenvalue weighted by molar-refractivity contribution is 5.63. The van der Waals surface area contributed by atoms with Crippen LogP contribution in [0.15, 0.2) is 0 Å². The van der Waals surface area contributed by atoms with E-state index in [2.05, 4.69) is 13.8 Å². The van der Waals surface area contributed by atoms with Gasteiger partial charge in [0.2, 0.25) is 0 Å². The largest absolute Gasteiger partial charge is 0.481 e. The van der Waals surface area contributed by atoms with Gasteiger partial charge in [0.15, 0.2) is 6.29 Å². The monoisotopic (exact) mass is 324 g/mol. The normalized spacial score (nSPS) is 11.7. The summed E-state index contributed by atoms with van der Waals surface area (Å²) in [5.41, 5.74) is -0.0580. The topological polar surface area (TPSA) is 124 Å². The molecule has 0 saturated heterocycles. The van der Waals surface area contributed by atoms with Crippen LogP contribution in [0, 0.1) is 5.92 Å². The first kappa shape index (κ1) is 25.8. The lowest BCUT2D eigenvalue weighted by molar-refractivity contribution is -0.135. The third kappa shape index (κ3) is 36.4. The Labute approximate surface area is 132 Å². The van der Waals surface area contributed by atoms with Crippen molar-refractivity contribution in [1.29, 1.82) is 0 Å². The highest BCUT2D eigenvalue weighted by atomic mass is 16.5. The minimum Gasteiger partial charge on any atom is -0.481 e. The van der Waals surface area contributed by atoms with E-state index >= 15 is 0 Å². The van der Waals surface area contributed by atoms with E-state index in [1.807, 2.05) is 6.92 Å². The van der Waals surface area contributed by atoms with Crippen molar-refractivity contribution in [3.63, 3.8) is 0 Å². The zero-order valence-corrected chi connectivity index (χ0v) is 14.5. The zero-order chi connectivity index (χ0) is 18.3. The summed E-state index contributed by atoms with van der Waals surface area (Å²) < 4.78 is 5.30. The van der Waals surface area contributed by atoms with Gasteiger partial charge in [0.05, 0.1) is 5.60 Å². The number of hydrogen-bond donors (Lipinski definition) is 4. The number of rotatable bonds is 7. The number of aliphatic hydroxyl groups is 2. The molecule has 0 aromatic carbocycles. The molecule has 7 heteroatoms. The van der Waals surface area contributed by atoms with Crippen molar-refractivity contribution in [1.82, 2.24) is 0 Å². The van der Waals surface area contributed by atoms with Gasteiger partial charge in [0, 0.05) is 27.4 Å². The number of carboxylic acid groups (broad SMARTS) is 2. The van der Waals surface area contributed by atoms with Gasteiger partial charge in [-0.05, 0) is 26.2 Å². The van der Waals surface area contributed by atoms with Crippen molar-refractivity contribution >= 4 is 11.9 Å².